The summed E-state index contributed by atoms with van der Waals surface area (Å²) in [6, 6.07) is 86.8. The molecule has 4 aliphatic carbocycles. The van der Waals surface area contributed by atoms with Crippen LogP contribution < -0.4 is 58.5 Å². The maximum atomic E-state index is 12.3. The number of fused-ring (bicyclic) bond motifs is 4. The number of unbranched alkanes of at least 4 members (excludes halogenated alkanes) is 2. The van der Waals surface area contributed by atoms with Gasteiger partial charge in [-0.1, -0.05) is 354 Å². The van der Waals surface area contributed by atoms with Crippen LogP contribution in [-0.4, -0.2) is 65.5 Å². The maximum Gasteiger partial charge on any atom is 0.255 e. The standard InChI is InChI=1S/2C20H24N2O.2C19H22N2O.2C17H19NO.C16H17NO/c2*1-2-3-6-15-9-11-17(12-10-15)22-20(23)13-16-14-21-19-8-5-4-7-18(16)19;2*1-2-5-14-8-10-16(11-9-14)21-19(22)12-15-13-20-18-7-4-3-6-17(15)18;2*1-2-6-14-9-11-16(12-10-14)18-17(19)13-15-7-4-3-5-8-15;1-2-6-13-9-11-15(12-10-13)17-16(18)14-7-4-3-5-8-14/h2*4-5,7-12,14,18-19,21H,2-3,6,13H2,1H3,(H,22,23);2*3-4,6-11,13,17-18,20H,2,5,12H2,1H3,(H,21,22);2*3-5,7-12H,2,6,13H2,1H3,(H,18,19);3-5,7-12H,2,6H2,1H3,(H,17,18). The molecule has 0 bridgehead atoms. The minimum absolute atomic E-state index is 0.0226. The lowest BCUT2D eigenvalue weighted by atomic mass is 9.89. The fourth-order valence-corrected chi connectivity index (χ4v) is 18.2. The number of aryl methyl sites for hydroxylation is 7. The predicted octanol–water partition coefficient (Wildman–Crippen LogP) is 26.6. The number of rotatable bonds is 36. The molecular formula is C128H147N11O7. The number of allylic oxidation sites excluding steroid dienone is 8. The van der Waals surface area contributed by atoms with Crippen LogP contribution in [0.3, 0.4) is 0 Å². The summed E-state index contributed by atoms with van der Waals surface area (Å²) in [4.78, 5) is 84.7. The van der Waals surface area contributed by atoms with Gasteiger partial charge in [0.2, 0.25) is 35.4 Å². The van der Waals surface area contributed by atoms with Crippen molar-refractivity contribution < 1.29 is 33.6 Å². The molecule has 18 nitrogen and oxygen atoms in total. The Bertz CT molecular complexity index is 5870. The fourth-order valence-electron chi connectivity index (χ4n) is 18.2. The van der Waals surface area contributed by atoms with Gasteiger partial charge in [-0.3, -0.25) is 33.6 Å². The molecule has 8 atom stereocenters. The largest absolute Gasteiger partial charge is 0.384 e. The first-order chi connectivity index (χ1) is 71.4. The summed E-state index contributed by atoms with van der Waals surface area (Å²) in [7, 11) is 0. The smallest absolute Gasteiger partial charge is 0.255 e. The molecule has 7 amide bonds. The first-order valence-electron chi connectivity index (χ1n) is 52.4. The molecule has 0 radical (unpaired) electrons. The Labute approximate surface area is 866 Å². The van der Waals surface area contributed by atoms with Crippen molar-refractivity contribution in [3.8, 4) is 0 Å². The summed E-state index contributed by atoms with van der Waals surface area (Å²) in [6.45, 7) is 15.2. The second kappa shape index (κ2) is 60.2. The van der Waals surface area contributed by atoms with E-state index in [1.165, 1.54) is 64.6 Å². The van der Waals surface area contributed by atoms with Crippen molar-refractivity contribution in [1.29, 1.82) is 0 Å². The lowest BCUT2D eigenvalue weighted by Gasteiger charge is -2.18. The van der Waals surface area contributed by atoms with Gasteiger partial charge in [-0.05, 0) is 252 Å². The SMILES string of the molecule is CCCCc1ccc(NC(=O)CC2=CNC3C=CC=CC23)cc1.CCCCc1ccc(NC(=O)CC2=CNC3C=CC=CC23)cc1.CCCc1ccc(NC(=O)CC2=CNC3C=CC=CC23)cc1.CCCc1ccc(NC(=O)CC2=CNC3C=CC=CC23)cc1.CCCc1ccc(NC(=O)Cc2ccccc2)cc1.CCCc1ccc(NC(=O)Cc2ccccc2)cc1.CCCc1ccc(NC(=O)c2ccccc2)cc1. The second-order valence-corrected chi connectivity index (χ2v) is 37.8. The van der Waals surface area contributed by atoms with Gasteiger partial charge >= 0.3 is 0 Å². The number of nitrogens with one attached hydrogen (secondary N) is 11. The number of hydrogen-bond acceptors (Lipinski definition) is 11. The van der Waals surface area contributed by atoms with Gasteiger partial charge in [0.1, 0.15) is 0 Å². The molecule has 10 aromatic carbocycles. The number of carbonyl (C=O) groups excluding carboxylic acids is 7. The molecule has 8 aliphatic rings. The molecule has 4 heterocycles. The average Bonchev–Trinajstić information content (AvgIpc) is 1.70. The Balaban J connectivity index is 0.000000152. The van der Waals surface area contributed by atoms with Crippen LogP contribution in [0, 0.1) is 23.7 Å². The van der Waals surface area contributed by atoms with Crippen LogP contribution in [-0.2, 0) is 86.6 Å². The predicted molar refractivity (Wildman–Crippen MR) is 604 cm³/mol. The lowest BCUT2D eigenvalue weighted by molar-refractivity contribution is -0.116. The third-order valence-corrected chi connectivity index (χ3v) is 26.0. The lowest BCUT2D eigenvalue weighted by Crippen LogP contribution is -2.25. The summed E-state index contributed by atoms with van der Waals surface area (Å²) < 4.78 is 0. The van der Waals surface area contributed by atoms with E-state index < -0.39 is 0 Å². The van der Waals surface area contributed by atoms with Crippen molar-refractivity contribution in [2.45, 2.75) is 214 Å². The Morgan fingerprint density at radius 2 is 0.404 bits per heavy atom. The second-order valence-electron chi connectivity index (χ2n) is 37.8. The van der Waals surface area contributed by atoms with E-state index in [4.69, 9.17) is 0 Å². The van der Waals surface area contributed by atoms with E-state index in [-0.39, 0.29) is 41.4 Å². The van der Waals surface area contributed by atoms with Crippen molar-refractivity contribution in [2.24, 2.45) is 23.7 Å². The van der Waals surface area contributed by atoms with E-state index in [9.17, 15) is 33.6 Å². The summed E-state index contributed by atoms with van der Waals surface area (Å²) >= 11 is 0. The molecule has 11 N–H and O–H groups in total. The summed E-state index contributed by atoms with van der Waals surface area (Å²) in [5.74, 6) is 1.38. The third kappa shape index (κ3) is 37.1. The van der Waals surface area contributed by atoms with Crippen LogP contribution in [0.15, 0.2) is 405 Å². The zero-order chi connectivity index (χ0) is 103. The van der Waals surface area contributed by atoms with Crippen molar-refractivity contribution in [1.82, 2.24) is 21.3 Å². The van der Waals surface area contributed by atoms with E-state index in [2.05, 4.69) is 253 Å². The van der Waals surface area contributed by atoms with Crippen molar-refractivity contribution in [3.63, 3.8) is 0 Å². The van der Waals surface area contributed by atoms with Crippen LogP contribution in [0.4, 0.5) is 39.8 Å². The van der Waals surface area contributed by atoms with Gasteiger partial charge in [0.05, 0.1) is 62.7 Å². The minimum Gasteiger partial charge on any atom is -0.384 e. The number of anilines is 7. The van der Waals surface area contributed by atoms with E-state index in [1.54, 1.807) is 12.1 Å². The molecule has 0 spiro atoms. The number of benzene rings is 10. The highest BCUT2D eigenvalue weighted by molar-refractivity contribution is 6.04. The molecule has 0 fully saturated rings. The Hall–Kier alpha value is -15.4. The Morgan fingerprint density at radius 1 is 0.205 bits per heavy atom. The van der Waals surface area contributed by atoms with Crippen LogP contribution in [0.5, 0.6) is 0 Å². The van der Waals surface area contributed by atoms with Crippen molar-refractivity contribution in [3.05, 3.63) is 461 Å². The normalized spacial score (nSPS) is 17.3. The molecule has 18 heteroatoms. The quantitative estimate of drug-likeness (QED) is 0.0176. The Morgan fingerprint density at radius 3 is 0.623 bits per heavy atom. The molecule has 10 aromatic rings. The molecule has 18 rings (SSSR count). The van der Waals surface area contributed by atoms with E-state index in [0.29, 0.717) is 91.9 Å². The Kier molecular flexibility index (Phi) is 45.1. The highest BCUT2D eigenvalue weighted by Gasteiger charge is 2.32. The first-order valence-corrected chi connectivity index (χ1v) is 52.4. The van der Waals surface area contributed by atoms with Gasteiger partial charge < -0.3 is 58.5 Å². The molecule has 0 aromatic heterocycles. The molecule has 756 valence electrons. The zero-order valence-electron chi connectivity index (χ0n) is 85.9. The fraction of sp³-hybridized carbons (Fsp3) is 0.289. The summed E-state index contributed by atoms with van der Waals surface area (Å²) in [5, 5.41) is 34.0. The summed E-state index contributed by atoms with van der Waals surface area (Å²) in [5.41, 5.74) is 22.6. The van der Waals surface area contributed by atoms with E-state index >= 15 is 0 Å². The van der Waals surface area contributed by atoms with Gasteiger partial charge in [0.15, 0.2) is 0 Å². The molecule has 0 saturated carbocycles. The first kappa shape index (κ1) is 109. The summed E-state index contributed by atoms with van der Waals surface area (Å²) in [6.07, 6.45) is 62.2. The highest BCUT2D eigenvalue weighted by Crippen LogP contribution is 2.34. The van der Waals surface area contributed by atoms with Crippen LogP contribution >= 0.6 is 0 Å². The van der Waals surface area contributed by atoms with Crippen molar-refractivity contribution >= 4 is 81.2 Å². The van der Waals surface area contributed by atoms with Crippen molar-refractivity contribution in [2.75, 3.05) is 37.2 Å². The molecular weight excluding hydrogens is 1800 g/mol. The molecule has 8 unspecified atom stereocenters. The van der Waals surface area contributed by atoms with Gasteiger partial charge in [-0.2, -0.15) is 0 Å². The topological polar surface area (TPSA) is 252 Å². The molecule has 0 saturated heterocycles. The zero-order valence-corrected chi connectivity index (χ0v) is 85.9. The van der Waals surface area contributed by atoms with Crippen LogP contribution in [0.25, 0.3) is 0 Å². The van der Waals surface area contributed by atoms with Gasteiger partial charge in [-0.25, -0.2) is 0 Å². The maximum absolute atomic E-state index is 12.3. The van der Waals surface area contributed by atoms with E-state index in [0.717, 1.165) is 150 Å². The van der Waals surface area contributed by atoms with Crippen LogP contribution in [0.2, 0.25) is 0 Å². The monoisotopic (exact) mass is 1950 g/mol. The van der Waals surface area contributed by atoms with Gasteiger partial charge in [-0.15, -0.1) is 0 Å². The molecule has 4 aliphatic heterocycles. The van der Waals surface area contributed by atoms with Gasteiger partial charge in [0.25, 0.3) is 5.91 Å². The number of carbonyl (C=O) groups is 7. The minimum atomic E-state index is -0.0705. The van der Waals surface area contributed by atoms with Gasteiger partial charge in [0, 0.05) is 69.0 Å². The van der Waals surface area contributed by atoms with Crippen LogP contribution in [0.1, 0.15) is 192 Å². The molecule has 146 heavy (non-hydrogen) atoms. The highest BCUT2D eigenvalue weighted by atomic mass is 16.2. The number of amides is 7. The third-order valence-electron chi connectivity index (χ3n) is 26.0. The van der Waals surface area contributed by atoms with E-state index in [1.807, 2.05) is 225 Å². The number of hydrogen-bond donors (Lipinski definition) is 11. The average molecular weight is 1950 g/mol.